The van der Waals surface area contributed by atoms with Crippen LogP contribution in [0.4, 0.5) is 0 Å². The molecule has 0 aromatic carbocycles. The van der Waals surface area contributed by atoms with E-state index in [9.17, 15) is 9.59 Å². The van der Waals surface area contributed by atoms with Gasteiger partial charge in [-0.05, 0) is 50.7 Å². The maximum absolute atomic E-state index is 13.1. The number of aromatic nitrogens is 3. The number of hydrogen-bond donors (Lipinski definition) is 1. The highest BCUT2D eigenvalue weighted by molar-refractivity contribution is 5.82. The molecule has 1 saturated heterocycles. The summed E-state index contributed by atoms with van der Waals surface area (Å²) in [6, 6.07) is 3.77. The van der Waals surface area contributed by atoms with E-state index in [1.165, 1.54) is 0 Å². The molecule has 1 aliphatic heterocycles. The molecule has 0 radical (unpaired) electrons. The molecule has 1 N–H and O–H groups in total. The van der Waals surface area contributed by atoms with Crippen molar-refractivity contribution < 1.29 is 4.79 Å². The first-order valence-electron chi connectivity index (χ1n) is 10.8. The summed E-state index contributed by atoms with van der Waals surface area (Å²) in [4.78, 5) is 39.9. The van der Waals surface area contributed by atoms with Crippen molar-refractivity contribution in [1.82, 2.24) is 19.9 Å². The lowest BCUT2D eigenvalue weighted by Crippen LogP contribution is -2.49. The number of nitrogens with one attached hydrogen (secondary N) is 1. The molecule has 152 valence electrons. The fourth-order valence-corrected chi connectivity index (χ4v) is 5.67. The third-order valence-corrected chi connectivity index (χ3v) is 7.54. The van der Waals surface area contributed by atoms with E-state index in [1.807, 2.05) is 12.1 Å². The van der Waals surface area contributed by atoms with Gasteiger partial charge in [0, 0.05) is 47.4 Å². The van der Waals surface area contributed by atoms with Crippen LogP contribution in [0.25, 0.3) is 11.4 Å². The summed E-state index contributed by atoms with van der Waals surface area (Å²) in [5.41, 5.74) is 2.35. The quantitative estimate of drug-likeness (QED) is 0.851. The van der Waals surface area contributed by atoms with E-state index < -0.39 is 0 Å². The Hall–Kier alpha value is -2.50. The van der Waals surface area contributed by atoms with E-state index in [-0.39, 0.29) is 16.4 Å². The number of hydrogen-bond acceptors (Lipinski definition) is 4. The molecule has 1 spiro atoms. The van der Waals surface area contributed by atoms with Gasteiger partial charge in [0.15, 0.2) is 0 Å². The van der Waals surface area contributed by atoms with Crippen LogP contribution >= 0.6 is 0 Å². The summed E-state index contributed by atoms with van der Waals surface area (Å²) >= 11 is 0. The van der Waals surface area contributed by atoms with Gasteiger partial charge in [-0.2, -0.15) is 0 Å². The number of amides is 1. The van der Waals surface area contributed by atoms with Crippen LogP contribution in [-0.2, 0) is 16.6 Å². The van der Waals surface area contributed by atoms with Crippen LogP contribution in [0.1, 0.15) is 63.1 Å². The Kier molecular flexibility index (Phi) is 4.33. The minimum Gasteiger partial charge on any atom is -0.342 e. The summed E-state index contributed by atoms with van der Waals surface area (Å²) < 4.78 is 0. The summed E-state index contributed by atoms with van der Waals surface area (Å²) in [5, 5.41) is 0. The Bertz CT molecular complexity index is 984. The van der Waals surface area contributed by atoms with Crippen molar-refractivity contribution >= 4 is 5.91 Å². The van der Waals surface area contributed by atoms with Gasteiger partial charge in [0.2, 0.25) is 5.91 Å². The van der Waals surface area contributed by atoms with E-state index in [0.717, 1.165) is 81.3 Å². The van der Waals surface area contributed by atoms with Crippen LogP contribution in [0.2, 0.25) is 0 Å². The lowest BCUT2D eigenvalue weighted by atomic mass is 9.75. The Labute approximate surface area is 170 Å². The highest BCUT2D eigenvalue weighted by atomic mass is 16.2. The van der Waals surface area contributed by atoms with E-state index in [0.29, 0.717) is 11.7 Å². The van der Waals surface area contributed by atoms with Gasteiger partial charge in [0.05, 0.1) is 5.69 Å². The lowest BCUT2D eigenvalue weighted by Gasteiger charge is -2.42. The molecular formula is C23H28N4O2. The molecule has 2 aromatic rings. The fourth-order valence-electron chi connectivity index (χ4n) is 5.67. The molecular weight excluding hydrogens is 364 g/mol. The molecule has 6 heteroatoms. The van der Waals surface area contributed by atoms with E-state index in [2.05, 4.69) is 21.8 Å². The van der Waals surface area contributed by atoms with Gasteiger partial charge < -0.3 is 9.88 Å². The van der Waals surface area contributed by atoms with Crippen molar-refractivity contribution in [3.63, 3.8) is 0 Å². The largest absolute Gasteiger partial charge is 0.342 e. The molecule has 2 fully saturated rings. The topological polar surface area (TPSA) is 79.0 Å². The van der Waals surface area contributed by atoms with Crippen molar-refractivity contribution in [3.05, 3.63) is 46.1 Å². The SMILES string of the molecule is CC1(C(=O)N2CCC3(CCc4c3nc(-c3cccnc3)[nH]c4=O)CC2)CCCC1. The van der Waals surface area contributed by atoms with Crippen molar-refractivity contribution in [1.29, 1.82) is 0 Å². The number of piperidine rings is 1. The van der Waals surface area contributed by atoms with E-state index in [1.54, 1.807) is 12.4 Å². The smallest absolute Gasteiger partial charge is 0.254 e. The van der Waals surface area contributed by atoms with Gasteiger partial charge in [-0.1, -0.05) is 19.8 Å². The maximum atomic E-state index is 13.1. The average Bonchev–Trinajstić information content (AvgIpc) is 3.35. The molecule has 0 atom stereocenters. The number of aromatic amines is 1. The van der Waals surface area contributed by atoms with Crippen LogP contribution in [-0.4, -0.2) is 38.8 Å². The molecule has 1 amide bonds. The Morgan fingerprint density at radius 2 is 1.90 bits per heavy atom. The zero-order chi connectivity index (χ0) is 20.1. The molecule has 6 nitrogen and oxygen atoms in total. The summed E-state index contributed by atoms with van der Waals surface area (Å²) in [6.45, 7) is 3.67. The predicted octanol–water partition coefficient (Wildman–Crippen LogP) is 3.22. The van der Waals surface area contributed by atoms with Crippen molar-refractivity contribution in [3.8, 4) is 11.4 Å². The molecule has 5 rings (SSSR count). The van der Waals surface area contributed by atoms with E-state index in [4.69, 9.17) is 4.98 Å². The molecule has 29 heavy (non-hydrogen) atoms. The number of carbonyl (C=O) groups excluding carboxylic acids is 1. The summed E-state index contributed by atoms with van der Waals surface area (Å²) in [6.07, 6.45) is 11.3. The Balaban J connectivity index is 1.41. The van der Waals surface area contributed by atoms with Gasteiger partial charge in [-0.15, -0.1) is 0 Å². The zero-order valence-corrected chi connectivity index (χ0v) is 17.0. The molecule has 0 unspecified atom stereocenters. The van der Waals surface area contributed by atoms with Gasteiger partial charge in [-0.3, -0.25) is 14.6 Å². The first-order chi connectivity index (χ1) is 14.0. The maximum Gasteiger partial charge on any atom is 0.254 e. The van der Waals surface area contributed by atoms with Gasteiger partial charge in [0.25, 0.3) is 5.56 Å². The minimum absolute atomic E-state index is 0.0253. The first kappa shape index (κ1) is 18.5. The highest BCUT2D eigenvalue weighted by Crippen LogP contribution is 2.46. The third kappa shape index (κ3) is 3.00. The normalized spacial score (nSPS) is 22.0. The van der Waals surface area contributed by atoms with Crippen LogP contribution in [0.5, 0.6) is 0 Å². The second-order valence-electron chi connectivity index (χ2n) is 9.32. The van der Waals surface area contributed by atoms with Crippen LogP contribution in [0.3, 0.4) is 0 Å². The van der Waals surface area contributed by atoms with Gasteiger partial charge in [0.1, 0.15) is 5.82 Å². The first-order valence-corrected chi connectivity index (χ1v) is 10.8. The monoisotopic (exact) mass is 392 g/mol. The number of likely N-dealkylation sites (tertiary alicyclic amines) is 1. The molecule has 3 aliphatic rings. The summed E-state index contributed by atoms with van der Waals surface area (Å²) in [7, 11) is 0. The second kappa shape index (κ2) is 6.78. The number of rotatable bonds is 2. The summed E-state index contributed by atoms with van der Waals surface area (Å²) in [5.74, 6) is 0.929. The average molecular weight is 393 g/mol. The number of fused-ring (bicyclic) bond motifs is 2. The molecule has 3 heterocycles. The molecule has 2 aromatic heterocycles. The van der Waals surface area contributed by atoms with Gasteiger partial charge >= 0.3 is 0 Å². The van der Waals surface area contributed by atoms with Crippen molar-refractivity contribution in [2.75, 3.05) is 13.1 Å². The van der Waals surface area contributed by atoms with Crippen molar-refractivity contribution in [2.45, 2.75) is 63.7 Å². The number of H-pyrrole nitrogens is 1. The zero-order valence-electron chi connectivity index (χ0n) is 17.0. The van der Waals surface area contributed by atoms with Crippen LogP contribution in [0, 0.1) is 5.41 Å². The number of pyridine rings is 1. The van der Waals surface area contributed by atoms with Crippen LogP contribution in [0.15, 0.2) is 29.3 Å². The molecule has 2 aliphatic carbocycles. The number of nitrogens with zero attached hydrogens (tertiary/aromatic N) is 3. The fraction of sp³-hybridized carbons (Fsp3) is 0.565. The van der Waals surface area contributed by atoms with E-state index >= 15 is 0 Å². The van der Waals surface area contributed by atoms with Crippen molar-refractivity contribution in [2.24, 2.45) is 5.41 Å². The Morgan fingerprint density at radius 3 is 2.59 bits per heavy atom. The predicted molar refractivity (Wildman–Crippen MR) is 110 cm³/mol. The minimum atomic E-state index is -0.166. The van der Waals surface area contributed by atoms with Gasteiger partial charge in [-0.25, -0.2) is 4.98 Å². The Morgan fingerprint density at radius 1 is 1.14 bits per heavy atom. The number of carbonyl (C=O) groups is 1. The molecule has 1 saturated carbocycles. The lowest BCUT2D eigenvalue weighted by molar-refractivity contribution is -0.142. The second-order valence-corrected chi connectivity index (χ2v) is 9.32. The highest BCUT2D eigenvalue weighted by Gasteiger charge is 2.47. The van der Waals surface area contributed by atoms with Crippen LogP contribution < -0.4 is 5.56 Å². The standard InChI is InChI=1S/C23H28N4O2/c1-22(7-2-3-8-22)21(29)27-13-10-23(11-14-27)9-6-17-18(23)25-19(26-20(17)28)16-5-4-12-24-15-16/h4-5,12,15H,2-3,6-11,13-14H2,1H3,(H,25,26,28). The molecule has 0 bridgehead atoms. The third-order valence-electron chi connectivity index (χ3n) is 7.54.